The quantitative estimate of drug-likeness (QED) is 0.759. The smallest absolute Gasteiger partial charge is 0.238 e. The number of nitrogens with one attached hydrogen (secondary N) is 1. The zero-order valence-electron chi connectivity index (χ0n) is 11.7. The summed E-state index contributed by atoms with van der Waals surface area (Å²) in [6.07, 6.45) is 10.3. The van der Waals surface area contributed by atoms with Crippen LogP contribution in [0.15, 0.2) is 35.6 Å². The maximum atomic E-state index is 11.9. The van der Waals surface area contributed by atoms with E-state index >= 15 is 0 Å². The van der Waals surface area contributed by atoms with E-state index in [4.69, 9.17) is 0 Å². The molecule has 0 unspecified atom stereocenters. The molecule has 3 heteroatoms. The van der Waals surface area contributed by atoms with Crippen molar-refractivity contribution in [1.82, 2.24) is 10.2 Å². The van der Waals surface area contributed by atoms with Gasteiger partial charge in [-0.2, -0.15) is 0 Å². The van der Waals surface area contributed by atoms with Crippen molar-refractivity contribution in [2.24, 2.45) is 0 Å². The summed E-state index contributed by atoms with van der Waals surface area (Å²) in [6.45, 7) is 8.53. The van der Waals surface area contributed by atoms with Crippen molar-refractivity contribution in [2.75, 3.05) is 19.6 Å². The fraction of sp³-hybridized carbons (Fsp3) is 0.533. The van der Waals surface area contributed by atoms with Crippen molar-refractivity contribution >= 4 is 5.91 Å². The van der Waals surface area contributed by atoms with Crippen LogP contribution in [-0.2, 0) is 4.79 Å². The van der Waals surface area contributed by atoms with E-state index in [1.807, 2.05) is 45.1 Å². The van der Waals surface area contributed by atoms with E-state index in [-0.39, 0.29) is 5.91 Å². The molecule has 3 nitrogen and oxygen atoms in total. The number of nitrogens with zero attached hydrogens (tertiary/aromatic N) is 1. The molecule has 1 N–H and O–H groups in total. The highest BCUT2D eigenvalue weighted by atomic mass is 16.2. The average molecular weight is 248 g/mol. The Kier molecular flexibility index (Phi) is 6.44. The average Bonchev–Trinajstić information content (AvgIpc) is 2.81. The van der Waals surface area contributed by atoms with Crippen LogP contribution in [0.5, 0.6) is 0 Å². The molecule has 1 heterocycles. The summed E-state index contributed by atoms with van der Waals surface area (Å²) in [5, 5.41) is 2.99. The van der Waals surface area contributed by atoms with Crippen LogP contribution in [0.4, 0.5) is 0 Å². The number of likely N-dealkylation sites (tertiary alicyclic amines) is 1. The number of rotatable bonds is 5. The third-order valence-electron chi connectivity index (χ3n) is 3.01. The maximum absolute atomic E-state index is 11.9. The second-order valence-electron chi connectivity index (χ2n) is 4.63. The van der Waals surface area contributed by atoms with Gasteiger partial charge in [0.1, 0.15) is 0 Å². The zero-order valence-corrected chi connectivity index (χ0v) is 11.7. The Morgan fingerprint density at radius 2 is 1.78 bits per heavy atom. The summed E-state index contributed by atoms with van der Waals surface area (Å²) >= 11 is 0. The Hall–Kier alpha value is -1.35. The van der Waals surface area contributed by atoms with Gasteiger partial charge in [0, 0.05) is 5.70 Å². The van der Waals surface area contributed by atoms with E-state index in [0.717, 1.165) is 24.4 Å². The fourth-order valence-electron chi connectivity index (χ4n) is 2.11. The van der Waals surface area contributed by atoms with Gasteiger partial charge >= 0.3 is 0 Å². The minimum atomic E-state index is 0.0776. The molecule has 1 amide bonds. The third kappa shape index (κ3) is 4.88. The lowest BCUT2D eigenvalue weighted by molar-refractivity contribution is -0.121. The van der Waals surface area contributed by atoms with Crippen LogP contribution in [0, 0.1) is 0 Å². The molecule has 100 valence electrons. The monoisotopic (exact) mass is 248 g/mol. The van der Waals surface area contributed by atoms with Gasteiger partial charge in [0.05, 0.1) is 6.54 Å². The number of allylic oxidation sites excluding steroid dienone is 5. The molecule has 1 rings (SSSR count). The molecule has 1 fully saturated rings. The number of hydrogen-bond donors (Lipinski definition) is 1. The molecule has 0 aromatic carbocycles. The second-order valence-corrected chi connectivity index (χ2v) is 4.63. The summed E-state index contributed by atoms with van der Waals surface area (Å²) in [7, 11) is 0. The molecule has 1 aliphatic rings. The van der Waals surface area contributed by atoms with Gasteiger partial charge in [0.25, 0.3) is 0 Å². The van der Waals surface area contributed by atoms with Crippen molar-refractivity contribution in [3.63, 3.8) is 0 Å². The topological polar surface area (TPSA) is 32.3 Å². The normalized spacial score (nSPS) is 18.6. The van der Waals surface area contributed by atoms with Gasteiger partial charge in [0.2, 0.25) is 5.91 Å². The summed E-state index contributed by atoms with van der Waals surface area (Å²) in [6, 6.07) is 0. The van der Waals surface area contributed by atoms with E-state index in [0.29, 0.717) is 6.54 Å². The SMILES string of the molecule is CC=CC(C)=C(C=CC)NC(=O)CN1CCCC1. The van der Waals surface area contributed by atoms with Gasteiger partial charge in [-0.25, -0.2) is 0 Å². The standard InChI is InChI=1S/C15H24N2O/c1-4-8-13(3)14(9-5-2)16-15(18)12-17-10-6-7-11-17/h4-5,8-9H,6-7,10-12H2,1-3H3,(H,16,18). The Morgan fingerprint density at radius 3 is 2.33 bits per heavy atom. The Labute approximate surface area is 110 Å². The van der Waals surface area contributed by atoms with Crippen molar-refractivity contribution in [3.05, 3.63) is 35.6 Å². The van der Waals surface area contributed by atoms with Crippen LogP contribution in [0.3, 0.4) is 0 Å². The first-order valence-corrected chi connectivity index (χ1v) is 6.66. The Bertz CT molecular complexity index is 361. The van der Waals surface area contributed by atoms with Crippen molar-refractivity contribution < 1.29 is 4.79 Å². The Morgan fingerprint density at radius 1 is 1.17 bits per heavy atom. The molecule has 1 aliphatic heterocycles. The number of hydrogen-bond acceptors (Lipinski definition) is 2. The molecule has 0 atom stereocenters. The van der Waals surface area contributed by atoms with E-state index in [1.54, 1.807) is 0 Å². The lowest BCUT2D eigenvalue weighted by Gasteiger charge is -2.15. The highest BCUT2D eigenvalue weighted by molar-refractivity contribution is 5.80. The molecule has 1 saturated heterocycles. The van der Waals surface area contributed by atoms with Gasteiger partial charge in [-0.05, 0) is 58.4 Å². The molecule has 0 radical (unpaired) electrons. The first kappa shape index (κ1) is 14.7. The molecule has 0 aromatic rings. The lowest BCUT2D eigenvalue weighted by Crippen LogP contribution is -2.35. The van der Waals surface area contributed by atoms with Gasteiger partial charge < -0.3 is 5.32 Å². The second kappa shape index (κ2) is 7.88. The van der Waals surface area contributed by atoms with Crippen LogP contribution >= 0.6 is 0 Å². The van der Waals surface area contributed by atoms with E-state index in [1.165, 1.54) is 12.8 Å². The van der Waals surface area contributed by atoms with Crippen LogP contribution < -0.4 is 5.32 Å². The molecular weight excluding hydrogens is 224 g/mol. The highest BCUT2D eigenvalue weighted by Gasteiger charge is 2.15. The molecule has 0 saturated carbocycles. The molecular formula is C15H24N2O. The molecule has 0 aromatic heterocycles. The first-order chi connectivity index (χ1) is 8.67. The predicted octanol–water partition coefficient (Wildman–Crippen LogP) is 2.62. The molecule has 0 spiro atoms. The molecule has 18 heavy (non-hydrogen) atoms. The van der Waals surface area contributed by atoms with Crippen LogP contribution in [-0.4, -0.2) is 30.4 Å². The van der Waals surface area contributed by atoms with Crippen LogP contribution in [0.25, 0.3) is 0 Å². The van der Waals surface area contributed by atoms with Crippen molar-refractivity contribution in [1.29, 1.82) is 0 Å². The minimum Gasteiger partial charge on any atom is -0.325 e. The highest BCUT2D eigenvalue weighted by Crippen LogP contribution is 2.08. The van der Waals surface area contributed by atoms with Gasteiger partial charge in [0.15, 0.2) is 0 Å². The zero-order chi connectivity index (χ0) is 13.4. The number of carbonyl (C=O) groups is 1. The molecule has 0 bridgehead atoms. The van der Waals surface area contributed by atoms with Gasteiger partial charge in [-0.3, -0.25) is 9.69 Å². The van der Waals surface area contributed by atoms with Gasteiger partial charge in [-0.15, -0.1) is 0 Å². The predicted molar refractivity (Wildman–Crippen MR) is 76.1 cm³/mol. The van der Waals surface area contributed by atoms with Crippen molar-refractivity contribution in [3.8, 4) is 0 Å². The summed E-state index contributed by atoms with van der Waals surface area (Å²) < 4.78 is 0. The van der Waals surface area contributed by atoms with Crippen LogP contribution in [0.2, 0.25) is 0 Å². The largest absolute Gasteiger partial charge is 0.325 e. The molecule has 0 aliphatic carbocycles. The van der Waals surface area contributed by atoms with E-state index in [9.17, 15) is 4.79 Å². The Balaban J connectivity index is 2.60. The minimum absolute atomic E-state index is 0.0776. The number of carbonyl (C=O) groups excluding carboxylic acids is 1. The van der Waals surface area contributed by atoms with E-state index in [2.05, 4.69) is 10.2 Å². The summed E-state index contributed by atoms with van der Waals surface area (Å²) in [5.74, 6) is 0.0776. The van der Waals surface area contributed by atoms with Crippen LogP contribution in [0.1, 0.15) is 33.6 Å². The third-order valence-corrected chi connectivity index (χ3v) is 3.01. The lowest BCUT2D eigenvalue weighted by atomic mass is 10.2. The first-order valence-electron chi connectivity index (χ1n) is 6.66. The van der Waals surface area contributed by atoms with Gasteiger partial charge in [-0.1, -0.05) is 18.2 Å². The summed E-state index contributed by atoms with van der Waals surface area (Å²) in [4.78, 5) is 14.2. The fourth-order valence-corrected chi connectivity index (χ4v) is 2.11. The van der Waals surface area contributed by atoms with E-state index < -0.39 is 0 Å². The summed E-state index contributed by atoms with van der Waals surface area (Å²) in [5.41, 5.74) is 1.96. The maximum Gasteiger partial charge on any atom is 0.238 e. The number of amides is 1. The van der Waals surface area contributed by atoms with Crippen molar-refractivity contribution in [2.45, 2.75) is 33.6 Å².